The van der Waals surface area contributed by atoms with Gasteiger partial charge in [0.05, 0.1) is 6.04 Å². The SMILES string of the molecule is CC(NC(=O)C1CCCC1C)c1ccccc1N. The summed E-state index contributed by atoms with van der Waals surface area (Å²) in [5.41, 5.74) is 7.66. The Morgan fingerprint density at radius 1 is 1.39 bits per heavy atom. The first-order valence-electron chi connectivity index (χ1n) is 6.74. The molecule has 1 aliphatic rings. The molecule has 0 spiro atoms. The molecule has 1 saturated carbocycles. The quantitative estimate of drug-likeness (QED) is 0.806. The molecule has 1 amide bonds. The molecule has 1 aliphatic carbocycles. The minimum absolute atomic E-state index is 0.0218. The lowest BCUT2D eigenvalue weighted by Gasteiger charge is -2.20. The minimum Gasteiger partial charge on any atom is -0.398 e. The maximum absolute atomic E-state index is 12.2. The normalized spacial score (nSPS) is 24.8. The molecule has 2 rings (SSSR count). The molecule has 3 unspecified atom stereocenters. The van der Waals surface area contributed by atoms with E-state index in [0.29, 0.717) is 5.92 Å². The van der Waals surface area contributed by atoms with E-state index >= 15 is 0 Å². The number of carbonyl (C=O) groups is 1. The summed E-state index contributed by atoms with van der Waals surface area (Å²) in [4.78, 5) is 12.2. The molecule has 3 N–H and O–H groups in total. The molecule has 18 heavy (non-hydrogen) atoms. The van der Waals surface area contributed by atoms with Gasteiger partial charge in [-0.25, -0.2) is 0 Å². The summed E-state index contributed by atoms with van der Waals surface area (Å²) in [7, 11) is 0. The zero-order valence-electron chi connectivity index (χ0n) is 11.1. The van der Waals surface area contributed by atoms with E-state index in [1.54, 1.807) is 0 Å². The van der Waals surface area contributed by atoms with E-state index in [0.717, 1.165) is 17.7 Å². The van der Waals surface area contributed by atoms with Crippen LogP contribution in [-0.2, 0) is 4.79 Å². The van der Waals surface area contributed by atoms with E-state index < -0.39 is 0 Å². The third-order valence-electron chi connectivity index (χ3n) is 4.02. The van der Waals surface area contributed by atoms with Crippen LogP contribution < -0.4 is 11.1 Å². The Balaban J connectivity index is 2.01. The second kappa shape index (κ2) is 5.42. The Labute approximate surface area is 109 Å². The van der Waals surface area contributed by atoms with E-state index in [1.165, 1.54) is 12.8 Å². The molecule has 3 heteroatoms. The van der Waals surface area contributed by atoms with Crippen molar-refractivity contribution in [3.05, 3.63) is 29.8 Å². The van der Waals surface area contributed by atoms with Crippen molar-refractivity contribution >= 4 is 11.6 Å². The zero-order valence-corrected chi connectivity index (χ0v) is 11.1. The number of para-hydroxylation sites is 1. The molecule has 1 aromatic carbocycles. The summed E-state index contributed by atoms with van der Waals surface area (Å²) in [5.74, 6) is 0.860. The van der Waals surface area contributed by atoms with Gasteiger partial charge in [0, 0.05) is 11.6 Å². The summed E-state index contributed by atoms with van der Waals surface area (Å²) in [6.45, 7) is 4.15. The first-order chi connectivity index (χ1) is 8.59. The van der Waals surface area contributed by atoms with Crippen molar-refractivity contribution in [1.29, 1.82) is 0 Å². The van der Waals surface area contributed by atoms with Crippen molar-refractivity contribution in [1.82, 2.24) is 5.32 Å². The van der Waals surface area contributed by atoms with Crippen molar-refractivity contribution in [2.45, 2.75) is 39.2 Å². The Kier molecular flexibility index (Phi) is 3.90. The highest BCUT2D eigenvalue weighted by Gasteiger charge is 2.30. The fourth-order valence-corrected chi connectivity index (χ4v) is 2.84. The smallest absolute Gasteiger partial charge is 0.223 e. The molecule has 0 aliphatic heterocycles. The number of anilines is 1. The van der Waals surface area contributed by atoms with Crippen LogP contribution in [-0.4, -0.2) is 5.91 Å². The van der Waals surface area contributed by atoms with Crippen LogP contribution in [0, 0.1) is 11.8 Å². The lowest BCUT2D eigenvalue weighted by molar-refractivity contribution is -0.126. The molecule has 1 fully saturated rings. The summed E-state index contributed by atoms with van der Waals surface area (Å²) < 4.78 is 0. The maximum Gasteiger partial charge on any atom is 0.223 e. The van der Waals surface area contributed by atoms with Crippen LogP contribution in [0.2, 0.25) is 0 Å². The van der Waals surface area contributed by atoms with E-state index in [-0.39, 0.29) is 17.9 Å². The van der Waals surface area contributed by atoms with Gasteiger partial charge in [-0.3, -0.25) is 4.79 Å². The average molecular weight is 246 g/mol. The molecule has 0 radical (unpaired) electrons. The van der Waals surface area contributed by atoms with Crippen molar-refractivity contribution in [2.75, 3.05) is 5.73 Å². The molecular weight excluding hydrogens is 224 g/mol. The second-order valence-electron chi connectivity index (χ2n) is 5.37. The number of nitrogen functional groups attached to an aromatic ring is 1. The highest BCUT2D eigenvalue weighted by Crippen LogP contribution is 2.32. The maximum atomic E-state index is 12.2. The van der Waals surface area contributed by atoms with Gasteiger partial charge in [-0.15, -0.1) is 0 Å². The van der Waals surface area contributed by atoms with Gasteiger partial charge in [-0.2, -0.15) is 0 Å². The van der Waals surface area contributed by atoms with E-state index in [1.807, 2.05) is 31.2 Å². The van der Waals surface area contributed by atoms with Crippen LogP contribution >= 0.6 is 0 Å². The molecule has 98 valence electrons. The highest BCUT2D eigenvalue weighted by molar-refractivity contribution is 5.79. The number of nitrogens with one attached hydrogen (secondary N) is 1. The predicted molar refractivity (Wildman–Crippen MR) is 73.9 cm³/mol. The molecule has 3 nitrogen and oxygen atoms in total. The van der Waals surface area contributed by atoms with Gasteiger partial charge >= 0.3 is 0 Å². The third-order valence-corrected chi connectivity index (χ3v) is 4.02. The number of amides is 1. The second-order valence-corrected chi connectivity index (χ2v) is 5.37. The largest absolute Gasteiger partial charge is 0.398 e. The van der Waals surface area contributed by atoms with Crippen molar-refractivity contribution < 1.29 is 4.79 Å². The van der Waals surface area contributed by atoms with Gasteiger partial charge in [0.2, 0.25) is 5.91 Å². The van der Waals surface area contributed by atoms with Gasteiger partial charge in [0.25, 0.3) is 0 Å². The predicted octanol–water partition coefficient (Wildman–Crippen LogP) is 2.88. The van der Waals surface area contributed by atoms with Crippen LogP contribution in [0.4, 0.5) is 5.69 Å². The number of carbonyl (C=O) groups excluding carboxylic acids is 1. The fourth-order valence-electron chi connectivity index (χ4n) is 2.84. The summed E-state index contributed by atoms with van der Waals surface area (Å²) in [6.07, 6.45) is 3.35. The van der Waals surface area contributed by atoms with Crippen LogP contribution in [0.5, 0.6) is 0 Å². The molecule has 0 heterocycles. The van der Waals surface area contributed by atoms with Crippen molar-refractivity contribution in [2.24, 2.45) is 11.8 Å². The number of rotatable bonds is 3. The fraction of sp³-hybridized carbons (Fsp3) is 0.533. The molecule has 0 aromatic heterocycles. The number of hydrogen-bond donors (Lipinski definition) is 2. The highest BCUT2D eigenvalue weighted by atomic mass is 16.1. The Morgan fingerprint density at radius 3 is 2.72 bits per heavy atom. The minimum atomic E-state index is -0.0218. The van der Waals surface area contributed by atoms with E-state index in [9.17, 15) is 4.79 Å². The van der Waals surface area contributed by atoms with Gasteiger partial charge < -0.3 is 11.1 Å². The molecule has 3 atom stereocenters. The standard InChI is InChI=1S/C15H22N2O/c1-10-6-5-8-12(10)15(18)17-11(2)13-7-3-4-9-14(13)16/h3-4,7,9-12H,5-6,8,16H2,1-2H3,(H,17,18). The summed E-state index contributed by atoms with van der Waals surface area (Å²) >= 11 is 0. The molecule has 0 bridgehead atoms. The van der Waals surface area contributed by atoms with E-state index in [2.05, 4.69) is 12.2 Å². The third kappa shape index (κ3) is 2.66. The number of hydrogen-bond acceptors (Lipinski definition) is 2. The molecule has 0 saturated heterocycles. The first kappa shape index (κ1) is 12.9. The van der Waals surface area contributed by atoms with Gasteiger partial charge in [0.15, 0.2) is 0 Å². The molecular formula is C15H22N2O. The Bertz CT molecular complexity index is 430. The zero-order chi connectivity index (χ0) is 13.1. The monoisotopic (exact) mass is 246 g/mol. The van der Waals surface area contributed by atoms with Crippen molar-refractivity contribution in [3.63, 3.8) is 0 Å². The first-order valence-corrected chi connectivity index (χ1v) is 6.74. The average Bonchev–Trinajstić information content (AvgIpc) is 2.76. The van der Waals surface area contributed by atoms with E-state index in [4.69, 9.17) is 5.73 Å². The Morgan fingerprint density at radius 2 is 2.11 bits per heavy atom. The van der Waals surface area contributed by atoms with Crippen LogP contribution in [0.3, 0.4) is 0 Å². The Hall–Kier alpha value is -1.51. The molecule has 1 aromatic rings. The summed E-state index contributed by atoms with van der Waals surface area (Å²) in [6, 6.07) is 7.68. The topological polar surface area (TPSA) is 55.1 Å². The number of nitrogens with two attached hydrogens (primary N) is 1. The lowest BCUT2D eigenvalue weighted by Crippen LogP contribution is -2.34. The van der Waals surface area contributed by atoms with Crippen LogP contribution in [0.15, 0.2) is 24.3 Å². The van der Waals surface area contributed by atoms with Gasteiger partial charge in [-0.05, 0) is 37.3 Å². The van der Waals surface area contributed by atoms with Gasteiger partial charge in [0.1, 0.15) is 0 Å². The van der Waals surface area contributed by atoms with Crippen molar-refractivity contribution in [3.8, 4) is 0 Å². The lowest BCUT2D eigenvalue weighted by atomic mass is 9.96. The number of benzene rings is 1. The van der Waals surface area contributed by atoms with Gasteiger partial charge in [-0.1, -0.05) is 31.5 Å². The van der Waals surface area contributed by atoms with Crippen LogP contribution in [0.25, 0.3) is 0 Å². The summed E-state index contributed by atoms with van der Waals surface area (Å²) in [5, 5.41) is 3.09. The van der Waals surface area contributed by atoms with Crippen LogP contribution in [0.1, 0.15) is 44.7 Å².